The van der Waals surface area contributed by atoms with E-state index in [9.17, 15) is 14.7 Å². The number of hydrogen-bond acceptors (Lipinski definition) is 5. The zero-order valence-corrected chi connectivity index (χ0v) is 13.1. The van der Waals surface area contributed by atoms with Gasteiger partial charge in [-0.05, 0) is 31.2 Å². The number of carboxylic acid groups (broad SMARTS) is 1. The van der Waals surface area contributed by atoms with Gasteiger partial charge >= 0.3 is 11.9 Å². The van der Waals surface area contributed by atoms with Crippen molar-refractivity contribution in [2.45, 2.75) is 19.1 Å². The monoisotopic (exact) mass is 330 g/mol. The highest BCUT2D eigenvalue weighted by atomic mass is 16.6. The molecule has 0 heterocycles. The Kier molecular flexibility index (Phi) is 6.19. The Hall–Kier alpha value is -3.02. The van der Waals surface area contributed by atoms with Gasteiger partial charge in [0.2, 0.25) is 12.2 Å². The molecule has 24 heavy (non-hydrogen) atoms. The first kappa shape index (κ1) is 17.3. The van der Waals surface area contributed by atoms with Crippen molar-refractivity contribution in [3.8, 4) is 11.5 Å². The van der Waals surface area contributed by atoms with E-state index in [1.807, 2.05) is 0 Å². The van der Waals surface area contributed by atoms with Gasteiger partial charge in [-0.15, -0.1) is 0 Å². The van der Waals surface area contributed by atoms with Crippen molar-refractivity contribution in [3.05, 3.63) is 60.7 Å². The van der Waals surface area contributed by atoms with E-state index in [2.05, 4.69) is 0 Å². The summed E-state index contributed by atoms with van der Waals surface area (Å²) in [5, 5.41) is 9.49. The lowest BCUT2D eigenvalue weighted by Gasteiger charge is -2.24. The summed E-state index contributed by atoms with van der Waals surface area (Å²) in [5.74, 6) is -1.47. The molecule has 2 aromatic rings. The quantitative estimate of drug-likeness (QED) is 0.749. The van der Waals surface area contributed by atoms with Crippen LogP contribution in [0.25, 0.3) is 0 Å². The normalized spacial score (nSPS) is 12.7. The molecule has 0 aliphatic heterocycles. The minimum Gasteiger partial charge on any atom is -0.478 e. The van der Waals surface area contributed by atoms with Crippen LogP contribution in [0.2, 0.25) is 0 Å². The van der Waals surface area contributed by atoms with Crippen LogP contribution in [-0.2, 0) is 14.3 Å². The third-order valence-corrected chi connectivity index (χ3v) is 3.05. The van der Waals surface area contributed by atoms with Crippen LogP contribution >= 0.6 is 0 Å². The largest absolute Gasteiger partial charge is 0.478 e. The fraction of sp³-hybridized carbons (Fsp3) is 0.222. The Morgan fingerprint density at radius 3 is 1.75 bits per heavy atom. The highest BCUT2D eigenvalue weighted by Crippen LogP contribution is 2.19. The summed E-state index contributed by atoms with van der Waals surface area (Å²) in [4.78, 5) is 23.8. The van der Waals surface area contributed by atoms with Gasteiger partial charge in [-0.2, -0.15) is 0 Å². The van der Waals surface area contributed by atoms with Crippen LogP contribution in [0.4, 0.5) is 0 Å². The zero-order chi connectivity index (χ0) is 17.4. The number of aliphatic carboxylic acids is 1. The Morgan fingerprint density at radius 1 is 0.875 bits per heavy atom. The number of carbonyl (C=O) groups is 2. The molecule has 1 N–H and O–H groups in total. The van der Waals surface area contributed by atoms with Crippen LogP contribution < -0.4 is 9.47 Å². The van der Waals surface area contributed by atoms with Crippen LogP contribution in [0.1, 0.15) is 6.92 Å². The zero-order valence-electron chi connectivity index (χ0n) is 13.1. The Bertz CT molecular complexity index is 656. The maximum absolute atomic E-state index is 12.2. The number of esters is 1. The van der Waals surface area contributed by atoms with Crippen LogP contribution in [0.5, 0.6) is 11.5 Å². The second-order valence-electron chi connectivity index (χ2n) is 4.79. The third-order valence-electron chi connectivity index (χ3n) is 3.05. The van der Waals surface area contributed by atoms with Crippen molar-refractivity contribution in [3.63, 3.8) is 0 Å². The van der Waals surface area contributed by atoms with E-state index in [0.717, 1.165) is 0 Å². The topological polar surface area (TPSA) is 82.1 Å². The average molecular weight is 330 g/mol. The molecule has 0 bridgehead atoms. The van der Waals surface area contributed by atoms with E-state index in [0.29, 0.717) is 11.5 Å². The Morgan fingerprint density at radius 2 is 1.33 bits per heavy atom. The van der Waals surface area contributed by atoms with Crippen molar-refractivity contribution < 1.29 is 28.9 Å². The number of ether oxygens (including phenoxy) is 3. The molecule has 0 saturated carbocycles. The lowest BCUT2D eigenvalue weighted by Crippen LogP contribution is -2.48. The second-order valence-corrected chi connectivity index (χ2v) is 4.79. The molecule has 0 saturated heterocycles. The molecule has 2 atom stereocenters. The van der Waals surface area contributed by atoms with Crippen molar-refractivity contribution >= 4 is 11.9 Å². The molecule has 2 aromatic carbocycles. The predicted molar refractivity (Wildman–Crippen MR) is 86.0 cm³/mol. The SMILES string of the molecule is CCOC(=O)C(Oc1ccccc1)C(Oc1ccccc1)C(=O)O. The lowest BCUT2D eigenvalue weighted by atomic mass is 10.2. The molecule has 0 fully saturated rings. The molecule has 6 nitrogen and oxygen atoms in total. The summed E-state index contributed by atoms with van der Waals surface area (Å²) >= 11 is 0. The molecule has 2 unspecified atom stereocenters. The molecule has 0 amide bonds. The van der Waals surface area contributed by atoms with Gasteiger partial charge < -0.3 is 19.3 Å². The van der Waals surface area contributed by atoms with Gasteiger partial charge in [0, 0.05) is 0 Å². The third kappa shape index (κ3) is 4.74. The summed E-state index contributed by atoms with van der Waals surface area (Å²) in [6, 6.07) is 16.8. The number of carbonyl (C=O) groups excluding carboxylic acids is 1. The fourth-order valence-corrected chi connectivity index (χ4v) is 1.99. The summed E-state index contributed by atoms with van der Waals surface area (Å²) < 4.78 is 15.9. The molecule has 0 aliphatic carbocycles. The molecular weight excluding hydrogens is 312 g/mol. The van der Waals surface area contributed by atoms with E-state index in [4.69, 9.17) is 14.2 Å². The van der Waals surface area contributed by atoms with Gasteiger partial charge in [0.1, 0.15) is 11.5 Å². The molecule has 6 heteroatoms. The second kappa shape index (κ2) is 8.57. The number of rotatable bonds is 8. The van der Waals surface area contributed by atoms with Crippen molar-refractivity contribution in [2.75, 3.05) is 6.61 Å². The summed E-state index contributed by atoms with van der Waals surface area (Å²) in [5.41, 5.74) is 0. The molecule has 0 spiro atoms. The van der Waals surface area contributed by atoms with E-state index in [-0.39, 0.29) is 6.61 Å². The smallest absolute Gasteiger partial charge is 0.351 e. The molecular formula is C18H18O6. The molecule has 0 radical (unpaired) electrons. The van der Waals surface area contributed by atoms with Gasteiger partial charge in [0.25, 0.3) is 0 Å². The van der Waals surface area contributed by atoms with Gasteiger partial charge in [-0.1, -0.05) is 36.4 Å². The highest BCUT2D eigenvalue weighted by molar-refractivity contribution is 5.85. The fourth-order valence-electron chi connectivity index (χ4n) is 1.99. The lowest BCUT2D eigenvalue weighted by molar-refractivity contribution is -0.165. The summed E-state index contributed by atoms with van der Waals surface area (Å²) in [6.45, 7) is 1.73. The maximum atomic E-state index is 12.2. The van der Waals surface area contributed by atoms with Gasteiger partial charge in [-0.3, -0.25) is 0 Å². The average Bonchev–Trinajstić information content (AvgIpc) is 2.60. The van der Waals surface area contributed by atoms with Gasteiger partial charge in [0.15, 0.2) is 0 Å². The van der Waals surface area contributed by atoms with Crippen LogP contribution in [0, 0.1) is 0 Å². The van der Waals surface area contributed by atoms with Gasteiger partial charge in [-0.25, -0.2) is 9.59 Å². The molecule has 126 valence electrons. The first-order chi connectivity index (χ1) is 11.6. The number of carboxylic acids is 1. The Balaban J connectivity index is 2.26. The van der Waals surface area contributed by atoms with Crippen molar-refractivity contribution in [2.24, 2.45) is 0 Å². The van der Waals surface area contributed by atoms with E-state index < -0.39 is 24.1 Å². The van der Waals surface area contributed by atoms with E-state index in [1.165, 1.54) is 0 Å². The minimum absolute atomic E-state index is 0.102. The van der Waals surface area contributed by atoms with Crippen molar-refractivity contribution in [1.82, 2.24) is 0 Å². The number of hydrogen-bond donors (Lipinski definition) is 1. The van der Waals surface area contributed by atoms with Gasteiger partial charge in [0.05, 0.1) is 6.61 Å². The minimum atomic E-state index is -1.55. The Labute approximate surface area is 139 Å². The van der Waals surface area contributed by atoms with Crippen LogP contribution in [-0.4, -0.2) is 35.9 Å². The molecule has 2 rings (SSSR count). The van der Waals surface area contributed by atoms with Crippen LogP contribution in [0.3, 0.4) is 0 Å². The van der Waals surface area contributed by atoms with Crippen LogP contribution in [0.15, 0.2) is 60.7 Å². The maximum Gasteiger partial charge on any atom is 0.351 e. The molecule has 0 aliphatic rings. The van der Waals surface area contributed by atoms with Crippen molar-refractivity contribution in [1.29, 1.82) is 0 Å². The first-order valence-electron chi connectivity index (χ1n) is 7.44. The summed E-state index contributed by atoms with van der Waals surface area (Å²) in [6.07, 6.45) is -2.99. The molecule has 0 aromatic heterocycles. The van der Waals surface area contributed by atoms with E-state index >= 15 is 0 Å². The summed E-state index contributed by atoms with van der Waals surface area (Å²) in [7, 11) is 0. The van der Waals surface area contributed by atoms with E-state index in [1.54, 1.807) is 67.6 Å². The number of benzene rings is 2. The first-order valence-corrected chi connectivity index (χ1v) is 7.44. The predicted octanol–water partition coefficient (Wildman–Crippen LogP) is 2.53. The highest BCUT2D eigenvalue weighted by Gasteiger charge is 2.39. The number of para-hydroxylation sites is 2. The standard InChI is InChI=1S/C18H18O6/c1-2-22-18(21)16(24-14-11-7-4-8-12-14)15(17(19)20)23-13-9-5-3-6-10-13/h3-12,15-16H,2H2,1H3,(H,19,20).